The van der Waals surface area contributed by atoms with E-state index in [4.69, 9.17) is 4.74 Å². The van der Waals surface area contributed by atoms with Gasteiger partial charge in [-0.3, -0.25) is 4.79 Å². The fraction of sp³-hybridized carbons (Fsp3) is 0.381. The predicted molar refractivity (Wildman–Crippen MR) is 112 cm³/mol. The lowest BCUT2D eigenvalue weighted by Crippen LogP contribution is -2.51. The molecule has 2 aromatic rings. The molecule has 1 N–H and O–H groups in total. The van der Waals surface area contributed by atoms with Crippen molar-refractivity contribution < 1.29 is 17.9 Å². The molecule has 1 aliphatic rings. The summed E-state index contributed by atoms with van der Waals surface area (Å²) in [7, 11) is 0.137. The number of carbonyl (C=O) groups is 1. The van der Waals surface area contributed by atoms with Gasteiger partial charge in [0.25, 0.3) is 0 Å². The van der Waals surface area contributed by atoms with E-state index in [2.05, 4.69) is 5.32 Å². The molecule has 29 heavy (non-hydrogen) atoms. The number of hydrogen-bond donors (Lipinski definition) is 1. The van der Waals surface area contributed by atoms with Crippen molar-refractivity contribution in [2.75, 3.05) is 39.1 Å². The van der Waals surface area contributed by atoms with Crippen molar-refractivity contribution in [3.63, 3.8) is 0 Å². The van der Waals surface area contributed by atoms with E-state index in [1.54, 1.807) is 12.1 Å². The molecule has 2 aromatic carbocycles. The number of nitrogens with zero attached hydrogens (tertiary/aromatic N) is 2. The summed E-state index contributed by atoms with van der Waals surface area (Å²) in [5.41, 5.74) is 1.46. The molecule has 2 atom stereocenters. The highest BCUT2D eigenvalue weighted by Gasteiger charge is 2.40. The van der Waals surface area contributed by atoms with Gasteiger partial charge < -0.3 is 15.0 Å². The van der Waals surface area contributed by atoms with Crippen molar-refractivity contribution in [2.45, 2.75) is 24.0 Å². The van der Waals surface area contributed by atoms with E-state index in [1.807, 2.05) is 49.3 Å². The summed E-state index contributed by atoms with van der Waals surface area (Å²) >= 11 is 0. The lowest BCUT2D eigenvalue weighted by molar-refractivity contribution is -0.114. The molecule has 1 fully saturated rings. The van der Waals surface area contributed by atoms with Crippen molar-refractivity contribution in [3.05, 3.63) is 60.2 Å². The van der Waals surface area contributed by atoms with Crippen molar-refractivity contribution in [1.29, 1.82) is 0 Å². The van der Waals surface area contributed by atoms with E-state index in [0.29, 0.717) is 18.8 Å². The maximum atomic E-state index is 13.5. The highest BCUT2D eigenvalue weighted by Crippen LogP contribution is 2.34. The molecule has 3 rings (SSSR count). The molecular weight excluding hydrogens is 390 g/mol. The van der Waals surface area contributed by atoms with E-state index in [9.17, 15) is 13.2 Å². The Morgan fingerprint density at radius 2 is 1.79 bits per heavy atom. The van der Waals surface area contributed by atoms with Crippen LogP contribution >= 0.6 is 0 Å². The average Bonchev–Trinajstić information content (AvgIpc) is 2.68. The van der Waals surface area contributed by atoms with Crippen LogP contribution in [0, 0.1) is 0 Å². The summed E-state index contributed by atoms with van der Waals surface area (Å²) in [5, 5.41) is 2.65. The van der Waals surface area contributed by atoms with Gasteiger partial charge in [0, 0.05) is 25.7 Å². The van der Waals surface area contributed by atoms with Crippen molar-refractivity contribution >= 4 is 21.6 Å². The number of amides is 1. The van der Waals surface area contributed by atoms with Crippen LogP contribution in [0.1, 0.15) is 18.5 Å². The minimum atomic E-state index is -3.75. The molecular formula is C21H27N3O4S. The largest absolute Gasteiger partial charge is 0.373 e. The summed E-state index contributed by atoms with van der Waals surface area (Å²) in [6, 6.07) is 15.4. The van der Waals surface area contributed by atoms with Gasteiger partial charge in [-0.15, -0.1) is 0 Å². The molecule has 1 amide bonds. The molecule has 7 nitrogen and oxygen atoms in total. The van der Waals surface area contributed by atoms with Crippen LogP contribution in [0.3, 0.4) is 0 Å². The monoisotopic (exact) mass is 417 g/mol. The van der Waals surface area contributed by atoms with Gasteiger partial charge >= 0.3 is 0 Å². The van der Waals surface area contributed by atoms with Gasteiger partial charge in [-0.05, 0) is 43.9 Å². The Hall–Kier alpha value is -2.26. The zero-order valence-corrected chi connectivity index (χ0v) is 17.7. The summed E-state index contributed by atoms with van der Waals surface area (Å²) in [6.45, 7) is 2.63. The third-order valence-electron chi connectivity index (χ3n) is 4.77. The van der Waals surface area contributed by atoms with E-state index in [0.717, 1.165) is 5.56 Å². The van der Waals surface area contributed by atoms with Gasteiger partial charge in [0.1, 0.15) is 0 Å². The van der Waals surface area contributed by atoms with E-state index in [1.165, 1.54) is 23.4 Å². The Balaban J connectivity index is 1.97. The normalized spacial score (nSPS) is 20.6. The van der Waals surface area contributed by atoms with Gasteiger partial charge in [-0.2, -0.15) is 4.31 Å². The number of anilines is 1. The third-order valence-corrected chi connectivity index (χ3v) is 6.67. The molecule has 0 unspecified atom stereocenters. The number of hydrogen-bond acceptors (Lipinski definition) is 5. The Bertz CT molecular complexity index is 930. The first-order chi connectivity index (χ1) is 13.8. The summed E-state index contributed by atoms with van der Waals surface area (Å²) in [6.07, 6.45) is -0.283. The molecule has 1 saturated heterocycles. The Morgan fingerprint density at radius 1 is 1.14 bits per heavy atom. The first-order valence-electron chi connectivity index (χ1n) is 9.50. The maximum absolute atomic E-state index is 13.5. The van der Waals surface area contributed by atoms with Gasteiger partial charge in [-0.25, -0.2) is 8.42 Å². The number of sulfonamides is 1. The summed E-state index contributed by atoms with van der Waals surface area (Å²) < 4.78 is 34.5. The number of benzene rings is 2. The fourth-order valence-corrected chi connectivity index (χ4v) is 5.19. The van der Waals surface area contributed by atoms with E-state index < -0.39 is 16.1 Å². The first-order valence-corrected chi connectivity index (χ1v) is 10.9. The van der Waals surface area contributed by atoms with Crippen LogP contribution in [0.4, 0.5) is 5.69 Å². The second-order valence-electron chi connectivity index (χ2n) is 7.35. The van der Waals surface area contributed by atoms with Crippen molar-refractivity contribution in [1.82, 2.24) is 9.21 Å². The molecule has 0 aromatic heterocycles. The topological polar surface area (TPSA) is 79.0 Å². The number of rotatable bonds is 6. The molecule has 0 radical (unpaired) electrons. The van der Waals surface area contributed by atoms with Crippen LogP contribution in [0.2, 0.25) is 0 Å². The quantitative estimate of drug-likeness (QED) is 0.781. The fourth-order valence-electron chi connectivity index (χ4n) is 3.57. The second-order valence-corrected chi connectivity index (χ2v) is 9.24. The molecule has 1 heterocycles. The highest BCUT2D eigenvalue weighted by molar-refractivity contribution is 7.89. The Labute approximate surface area is 172 Å². The van der Waals surface area contributed by atoms with Gasteiger partial charge in [0.2, 0.25) is 15.9 Å². The maximum Gasteiger partial charge on any atom is 0.243 e. The Morgan fingerprint density at radius 3 is 2.38 bits per heavy atom. The first kappa shape index (κ1) is 21.4. The van der Waals surface area contributed by atoms with Crippen LogP contribution < -0.4 is 5.32 Å². The number of morpholine rings is 1. The van der Waals surface area contributed by atoms with Gasteiger partial charge in [0.15, 0.2) is 0 Å². The van der Waals surface area contributed by atoms with Gasteiger partial charge in [0.05, 0.1) is 23.6 Å². The lowest BCUT2D eigenvalue weighted by atomic mass is 9.99. The lowest BCUT2D eigenvalue weighted by Gasteiger charge is -2.41. The van der Waals surface area contributed by atoms with Crippen molar-refractivity contribution in [2.24, 2.45) is 0 Å². The summed E-state index contributed by atoms with van der Waals surface area (Å²) in [4.78, 5) is 13.4. The van der Waals surface area contributed by atoms with E-state index >= 15 is 0 Å². The van der Waals surface area contributed by atoms with Crippen molar-refractivity contribution in [3.8, 4) is 0 Å². The zero-order valence-electron chi connectivity index (χ0n) is 16.9. The molecule has 0 bridgehead atoms. The highest BCUT2D eigenvalue weighted by atomic mass is 32.2. The number of nitrogens with one attached hydrogen (secondary N) is 1. The summed E-state index contributed by atoms with van der Waals surface area (Å²) in [5.74, 6) is -0.204. The molecule has 0 aliphatic carbocycles. The Kier molecular flexibility index (Phi) is 6.69. The number of likely N-dealkylation sites (N-methyl/N-ethyl adjacent to an activating group) is 1. The minimum absolute atomic E-state index is 0.193. The van der Waals surface area contributed by atoms with Crippen LogP contribution in [0.25, 0.3) is 0 Å². The van der Waals surface area contributed by atoms with Crippen LogP contribution in [0.15, 0.2) is 59.5 Å². The van der Waals surface area contributed by atoms with Crippen LogP contribution in [-0.2, 0) is 19.6 Å². The van der Waals surface area contributed by atoms with E-state index in [-0.39, 0.29) is 23.5 Å². The van der Waals surface area contributed by atoms with Crippen LogP contribution in [-0.4, -0.2) is 63.4 Å². The average molecular weight is 418 g/mol. The molecule has 0 saturated carbocycles. The standard InChI is InChI=1S/C21H27N3O4S/c1-16(25)22-18-9-11-19(12-10-18)29(26,27)24-13-14-28-20(15-23(2)3)21(24)17-7-5-4-6-8-17/h4-12,20-21H,13-15H2,1-3H3,(H,22,25)/t20-,21-/m0/s1. The molecule has 1 aliphatic heterocycles. The number of carbonyl (C=O) groups excluding carboxylic acids is 1. The minimum Gasteiger partial charge on any atom is -0.373 e. The SMILES string of the molecule is CC(=O)Nc1ccc(S(=O)(=O)N2CCO[C@@H](CN(C)C)[C@@H]2c2ccccc2)cc1. The molecule has 0 spiro atoms. The number of ether oxygens (including phenoxy) is 1. The van der Waals surface area contributed by atoms with Gasteiger partial charge in [-0.1, -0.05) is 30.3 Å². The molecule has 156 valence electrons. The molecule has 8 heteroatoms. The predicted octanol–water partition coefficient (Wildman–Crippen LogP) is 2.34. The zero-order chi connectivity index (χ0) is 21.0. The smallest absolute Gasteiger partial charge is 0.243 e. The van der Waals surface area contributed by atoms with Crippen LogP contribution in [0.5, 0.6) is 0 Å². The third kappa shape index (κ3) is 5.02. The second kappa shape index (κ2) is 9.04.